The fourth-order valence-electron chi connectivity index (χ4n) is 4.36. The molecular weight excluding hydrogens is 297 g/mol. The first kappa shape index (κ1) is 14.2. The van der Waals surface area contributed by atoms with Crippen LogP contribution >= 0.6 is 11.6 Å². The molecule has 3 heteroatoms. The van der Waals surface area contributed by atoms with Gasteiger partial charge in [0.2, 0.25) is 0 Å². The van der Waals surface area contributed by atoms with E-state index in [4.69, 9.17) is 11.6 Å². The second-order valence-corrected chi connectivity index (χ2v) is 7.16. The zero-order valence-corrected chi connectivity index (χ0v) is 13.4. The summed E-state index contributed by atoms with van der Waals surface area (Å²) < 4.78 is 13.3. The number of likely N-dealkylation sites (tertiary alicyclic amines) is 1. The van der Waals surface area contributed by atoms with E-state index >= 15 is 0 Å². The fourth-order valence-corrected chi connectivity index (χ4v) is 4.54. The van der Waals surface area contributed by atoms with Crippen LogP contribution in [-0.4, -0.2) is 25.0 Å². The SMILES string of the molecule is CN1C[C@@H]2Cc3ccc(Cl)cc3[C@@H](c3ccc(F)cc3)[C@H]2C1. The van der Waals surface area contributed by atoms with Crippen LogP contribution in [0.5, 0.6) is 0 Å². The van der Waals surface area contributed by atoms with E-state index in [0.717, 1.165) is 24.5 Å². The Morgan fingerprint density at radius 2 is 1.86 bits per heavy atom. The van der Waals surface area contributed by atoms with Crippen molar-refractivity contribution in [1.29, 1.82) is 0 Å². The molecule has 0 N–H and O–H groups in total. The molecule has 3 atom stereocenters. The summed E-state index contributed by atoms with van der Waals surface area (Å²) in [4.78, 5) is 2.42. The summed E-state index contributed by atoms with van der Waals surface area (Å²) in [7, 11) is 2.19. The topological polar surface area (TPSA) is 3.24 Å². The molecule has 114 valence electrons. The first-order valence-electron chi connectivity index (χ1n) is 7.84. The molecule has 1 saturated heterocycles. The third kappa shape index (κ3) is 2.35. The molecule has 0 aromatic heterocycles. The third-order valence-electron chi connectivity index (χ3n) is 5.26. The van der Waals surface area contributed by atoms with Crippen molar-refractivity contribution in [2.45, 2.75) is 12.3 Å². The molecule has 2 aromatic rings. The van der Waals surface area contributed by atoms with Crippen molar-refractivity contribution in [3.63, 3.8) is 0 Å². The van der Waals surface area contributed by atoms with Crippen molar-refractivity contribution in [2.75, 3.05) is 20.1 Å². The number of rotatable bonds is 1. The molecule has 0 bridgehead atoms. The summed E-state index contributed by atoms with van der Waals surface area (Å²) in [6, 6.07) is 13.3. The first-order chi connectivity index (χ1) is 10.6. The molecule has 2 aromatic carbocycles. The van der Waals surface area contributed by atoms with Crippen molar-refractivity contribution in [2.24, 2.45) is 11.8 Å². The summed E-state index contributed by atoms with van der Waals surface area (Å²) in [5, 5.41) is 0.788. The Labute approximate surface area is 135 Å². The minimum atomic E-state index is -0.175. The van der Waals surface area contributed by atoms with E-state index < -0.39 is 0 Å². The summed E-state index contributed by atoms with van der Waals surface area (Å²) in [6.45, 7) is 2.24. The van der Waals surface area contributed by atoms with Crippen LogP contribution < -0.4 is 0 Å². The number of halogens is 2. The maximum atomic E-state index is 13.3. The molecule has 1 heterocycles. The predicted octanol–water partition coefficient (Wildman–Crippen LogP) is 4.34. The van der Waals surface area contributed by atoms with Crippen LogP contribution in [0.2, 0.25) is 5.02 Å². The highest BCUT2D eigenvalue weighted by atomic mass is 35.5. The van der Waals surface area contributed by atoms with Crippen LogP contribution in [-0.2, 0) is 6.42 Å². The Morgan fingerprint density at radius 1 is 1.09 bits per heavy atom. The van der Waals surface area contributed by atoms with Gasteiger partial charge in [-0.2, -0.15) is 0 Å². The summed E-state index contributed by atoms with van der Waals surface area (Å²) >= 11 is 6.26. The summed E-state index contributed by atoms with van der Waals surface area (Å²) in [5.41, 5.74) is 3.93. The van der Waals surface area contributed by atoms with E-state index in [1.54, 1.807) is 12.1 Å². The van der Waals surface area contributed by atoms with Gasteiger partial charge >= 0.3 is 0 Å². The van der Waals surface area contributed by atoms with E-state index in [0.29, 0.717) is 17.8 Å². The van der Waals surface area contributed by atoms with Gasteiger partial charge in [-0.05, 0) is 66.3 Å². The number of hydrogen-bond donors (Lipinski definition) is 0. The highest BCUT2D eigenvalue weighted by Crippen LogP contribution is 2.47. The average molecular weight is 316 g/mol. The third-order valence-corrected chi connectivity index (χ3v) is 5.49. The molecule has 0 amide bonds. The van der Waals surface area contributed by atoms with E-state index in [2.05, 4.69) is 24.1 Å². The highest BCUT2D eigenvalue weighted by Gasteiger charge is 2.42. The van der Waals surface area contributed by atoms with Gasteiger partial charge in [0.15, 0.2) is 0 Å². The zero-order valence-electron chi connectivity index (χ0n) is 12.6. The summed E-state index contributed by atoms with van der Waals surface area (Å²) in [5.74, 6) is 1.40. The second-order valence-electron chi connectivity index (χ2n) is 6.72. The molecule has 1 nitrogen and oxygen atoms in total. The summed E-state index contributed by atoms with van der Waals surface area (Å²) in [6.07, 6.45) is 1.12. The first-order valence-corrected chi connectivity index (χ1v) is 8.22. The van der Waals surface area contributed by atoms with Gasteiger partial charge in [0.25, 0.3) is 0 Å². The van der Waals surface area contributed by atoms with E-state index in [9.17, 15) is 4.39 Å². The highest BCUT2D eigenvalue weighted by molar-refractivity contribution is 6.30. The van der Waals surface area contributed by atoms with Gasteiger partial charge in [0.05, 0.1) is 0 Å². The monoisotopic (exact) mass is 315 g/mol. The van der Waals surface area contributed by atoms with E-state index in [-0.39, 0.29) is 5.82 Å². The lowest BCUT2D eigenvalue weighted by molar-refractivity contribution is 0.351. The van der Waals surface area contributed by atoms with Crippen LogP contribution in [0.1, 0.15) is 22.6 Å². The Morgan fingerprint density at radius 3 is 2.64 bits per heavy atom. The van der Waals surface area contributed by atoms with Crippen molar-refractivity contribution >= 4 is 11.6 Å². The van der Waals surface area contributed by atoms with Gasteiger partial charge in [-0.3, -0.25) is 0 Å². The molecule has 1 fully saturated rings. The van der Waals surface area contributed by atoms with Gasteiger partial charge in [-0.1, -0.05) is 29.8 Å². The number of benzene rings is 2. The number of hydrogen-bond acceptors (Lipinski definition) is 1. The maximum Gasteiger partial charge on any atom is 0.123 e. The number of fused-ring (bicyclic) bond motifs is 2. The maximum absolute atomic E-state index is 13.3. The molecule has 2 aliphatic rings. The zero-order chi connectivity index (χ0) is 15.3. The Hall–Kier alpha value is -1.38. The van der Waals surface area contributed by atoms with Crippen LogP contribution in [0.15, 0.2) is 42.5 Å². The van der Waals surface area contributed by atoms with Crippen LogP contribution in [0.3, 0.4) is 0 Å². The molecule has 1 aliphatic carbocycles. The minimum absolute atomic E-state index is 0.175. The van der Waals surface area contributed by atoms with Crippen molar-refractivity contribution in [1.82, 2.24) is 4.90 Å². The Kier molecular flexibility index (Phi) is 3.47. The van der Waals surface area contributed by atoms with E-state index in [1.807, 2.05) is 18.2 Å². The van der Waals surface area contributed by atoms with Crippen molar-refractivity contribution in [3.05, 3.63) is 70.0 Å². The molecule has 22 heavy (non-hydrogen) atoms. The molecule has 1 aliphatic heterocycles. The fraction of sp³-hybridized carbons (Fsp3) is 0.368. The molecule has 0 saturated carbocycles. The van der Waals surface area contributed by atoms with Gasteiger partial charge in [-0.25, -0.2) is 4.39 Å². The van der Waals surface area contributed by atoms with Crippen molar-refractivity contribution in [3.8, 4) is 0 Å². The van der Waals surface area contributed by atoms with Gasteiger partial charge < -0.3 is 4.90 Å². The minimum Gasteiger partial charge on any atom is -0.306 e. The predicted molar refractivity (Wildman–Crippen MR) is 87.9 cm³/mol. The Balaban J connectivity index is 1.85. The molecule has 0 unspecified atom stereocenters. The molecule has 0 spiro atoms. The standard InChI is InChI=1S/C19H19ClFN/c1-22-10-14-8-13-2-5-15(20)9-17(13)19(18(14)11-22)12-3-6-16(21)7-4-12/h2-7,9,14,18-19H,8,10-11H2,1H3/t14-,18-,19+/m0/s1. The average Bonchev–Trinajstić information content (AvgIpc) is 2.86. The van der Waals surface area contributed by atoms with Crippen LogP contribution in [0.25, 0.3) is 0 Å². The lowest BCUT2D eigenvalue weighted by Gasteiger charge is -2.36. The normalized spacial score (nSPS) is 27.5. The number of nitrogens with zero attached hydrogens (tertiary/aromatic N) is 1. The molecule has 4 rings (SSSR count). The van der Waals surface area contributed by atoms with E-state index in [1.165, 1.54) is 16.7 Å². The van der Waals surface area contributed by atoms with Crippen LogP contribution in [0, 0.1) is 17.7 Å². The quantitative estimate of drug-likeness (QED) is 0.756. The lowest BCUT2D eigenvalue weighted by atomic mass is 9.68. The molecule has 0 radical (unpaired) electrons. The second kappa shape index (κ2) is 5.36. The van der Waals surface area contributed by atoms with Gasteiger partial charge in [-0.15, -0.1) is 0 Å². The smallest absolute Gasteiger partial charge is 0.123 e. The molecular formula is C19H19ClFN. The van der Waals surface area contributed by atoms with Gasteiger partial charge in [0.1, 0.15) is 5.82 Å². The lowest BCUT2D eigenvalue weighted by Crippen LogP contribution is -2.29. The van der Waals surface area contributed by atoms with Crippen molar-refractivity contribution < 1.29 is 4.39 Å². The Bertz CT molecular complexity index is 697. The van der Waals surface area contributed by atoms with Gasteiger partial charge in [0, 0.05) is 24.0 Å². The van der Waals surface area contributed by atoms with Crippen LogP contribution in [0.4, 0.5) is 4.39 Å². The largest absolute Gasteiger partial charge is 0.306 e.